The Balaban J connectivity index is 2.33. The van der Waals surface area contributed by atoms with Crippen LogP contribution in [0.4, 0.5) is 10.1 Å². The van der Waals surface area contributed by atoms with E-state index >= 15 is 0 Å². The molecule has 0 spiro atoms. The van der Waals surface area contributed by atoms with Crippen LogP contribution in [-0.2, 0) is 6.54 Å². The average Bonchev–Trinajstić information content (AvgIpc) is 2.48. The molecule has 0 heterocycles. The summed E-state index contributed by atoms with van der Waals surface area (Å²) in [6.45, 7) is 0.572. The Kier molecular flexibility index (Phi) is 4.80. The van der Waals surface area contributed by atoms with Crippen LogP contribution in [-0.4, -0.2) is 18.1 Å². The molecule has 0 saturated carbocycles. The first-order valence-corrected chi connectivity index (χ1v) is 7.04. The highest BCUT2D eigenvalue weighted by Crippen LogP contribution is 2.24. The third kappa shape index (κ3) is 3.52. The zero-order chi connectivity index (χ0) is 15.4. The van der Waals surface area contributed by atoms with Crippen molar-refractivity contribution >= 4 is 27.5 Å². The molecule has 2 aromatic rings. The van der Waals surface area contributed by atoms with Gasteiger partial charge in [-0.25, -0.2) is 4.39 Å². The molecule has 4 nitrogen and oxygen atoms in total. The van der Waals surface area contributed by atoms with Gasteiger partial charge in [0.05, 0.1) is 11.3 Å². The molecule has 0 atom stereocenters. The molecule has 2 aromatic carbocycles. The van der Waals surface area contributed by atoms with Crippen molar-refractivity contribution in [3.8, 4) is 0 Å². The van der Waals surface area contributed by atoms with Gasteiger partial charge in [0.2, 0.25) is 0 Å². The lowest BCUT2D eigenvalue weighted by molar-refractivity contribution is 0.318. The van der Waals surface area contributed by atoms with Gasteiger partial charge in [-0.15, -0.1) is 0 Å². The lowest BCUT2D eigenvalue weighted by Gasteiger charge is -2.22. The topological polar surface area (TPSA) is 61.8 Å². The summed E-state index contributed by atoms with van der Waals surface area (Å²) in [5.41, 5.74) is 7.30. The number of halogens is 2. The average molecular weight is 352 g/mol. The second-order valence-electron chi connectivity index (χ2n) is 4.60. The molecule has 0 radical (unpaired) electrons. The van der Waals surface area contributed by atoms with Gasteiger partial charge in [0.15, 0.2) is 5.84 Å². The number of oxime groups is 1. The van der Waals surface area contributed by atoms with Crippen LogP contribution in [0.3, 0.4) is 0 Å². The summed E-state index contributed by atoms with van der Waals surface area (Å²) in [5, 5.41) is 11.7. The highest BCUT2D eigenvalue weighted by molar-refractivity contribution is 9.10. The van der Waals surface area contributed by atoms with Crippen LogP contribution in [0.15, 0.2) is 52.1 Å². The maximum absolute atomic E-state index is 13.9. The van der Waals surface area contributed by atoms with E-state index in [-0.39, 0.29) is 11.4 Å². The number of rotatable bonds is 4. The minimum atomic E-state index is -0.523. The lowest BCUT2D eigenvalue weighted by atomic mass is 10.1. The van der Waals surface area contributed by atoms with Crippen LogP contribution < -0.4 is 10.6 Å². The molecule has 0 bridgehead atoms. The molecule has 0 aromatic heterocycles. The molecule has 0 saturated heterocycles. The van der Waals surface area contributed by atoms with Crippen molar-refractivity contribution in [2.75, 3.05) is 11.9 Å². The fourth-order valence-corrected chi connectivity index (χ4v) is 2.35. The summed E-state index contributed by atoms with van der Waals surface area (Å²) >= 11 is 3.38. The van der Waals surface area contributed by atoms with E-state index in [0.29, 0.717) is 12.2 Å². The highest BCUT2D eigenvalue weighted by atomic mass is 79.9. The molecular formula is C15H15BrFN3O. The van der Waals surface area contributed by atoms with E-state index in [2.05, 4.69) is 21.1 Å². The molecule has 0 amide bonds. The molecule has 3 N–H and O–H groups in total. The quantitative estimate of drug-likeness (QED) is 0.384. The molecule has 0 aliphatic heterocycles. The minimum absolute atomic E-state index is 0.0969. The molecular weight excluding hydrogens is 337 g/mol. The number of amidine groups is 1. The van der Waals surface area contributed by atoms with Crippen LogP contribution in [0.1, 0.15) is 11.1 Å². The zero-order valence-corrected chi connectivity index (χ0v) is 13.0. The predicted molar refractivity (Wildman–Crippen MR) is 85.2 cm³/mol. The van der Waals surface area contributed by atoms with Crippen LogP contribution >= 0.6 is 15.9 Å². The van der Waals surface area contributed by atoms with Gasteiger partial charge in [-0.05, 0) is 29.8 Å². The maximum Gasteiger partial charge on any atom is 0.175 e. The number of nitrogens with two attached hydrogens (primary N) is 1. The molecule has 110 valence electrons. The Morgan fingerprint density at radius 1 is 1.29 bits per heavy atom. The van der Waals surface area contributed by atoms with Crippen molar-refractivity contribution in [1.82, 2.24) is 0 Å². The van der Waals surface area contributed by atoms with Crippen LogP contribution in [0, 0.1) is 5.82 Å². The van der Waals surface area contributed by atoms with Crippen LogP contribution in [0.2, 0.25) is 0 Å². The summed E-state index contributed by atoms with van der Waals surface area (Å²) in [7, 11) is 1.82. The van der Waals surface area contributed by atoms with Crippen molar-refractivity contribution in [2.45, 2.75) is 6.54 Å². The van der Waals surface area contributed by atoms with E-state index in [1.807, 2.05) is 36.2 Å². The highest BCUT2D eigenvalue weighted by Gasteiger charge is 2.16. The van der Waals surface area contributed by atoms with E-state index in [4.69, 9.17) is 10.9 Å². The first-order valence-electron chi connectivity index (χ1n) is 6.25. The van der Waals surface area contributed by atoms with E-state index in [0.717, 1.165) is 10.0 Å². The van der Waals surface area contributed by atoms with Gasteiger partial charge in [-0.2, -0.15) is 0 Å². The molecule has 0 fully saturated rings. The van der Waals surface area contributed by atoms with Gasteiger partial charge in [-0.1, -0.05) is 39.3 Å². The second-order valence-corrected chi connectivity index (χ2v) is 5.52. The van der Waals surface area contributed by atoms with Gasteiger partial charge in [0.1, 0.15) is 5.82 Å². The van der Waals surface area contributed by atoms with Gasteiger partial charge in [-0.3, -0.25) is 0 Å². The van der Waals surface area contributed by atoms with Crippen molar-refractivity contribution in [2.24, 2.45) is 10.9 Å². The van der Waals surface area contributed by atoms with Crippen molar-refractivity contribution < 1.29 is 9.60 Å². The Labute approximate surface area is 130 Å². The number of nitrogens with zero attached hydrogens (tertiary/aromatic N) is 2. The summed E-state index contributed by atoms with van der Waals surface area (Å²) in [4.78, 5) is 1.85. The fourth-order valence-electron chi connectivity index (χ4n) is 2.08. The maximum atomic E-state index is 13.9. The third-order valence-corrected chi connectivity index (χ3v) is 3.63. The zero-order valence-electron chi connectivity index (χ0n) is 11.4. The van der Waals surface area contributed by atoms with Crippen LogP contribution in [0.5, 0.6) is 0 Å². The van der Waals surface area contributed by atoms with Crippen molar-refractivity contribution in [1.29, 1.82) is 0 Å². The summed E-state index contributed by atoms with van der Waals surface area (Å²) in [6, 6.07) is 12.4. The Morgan fingerprint density at radius 2 is 1.95 bits per heavy atom. The molecule has 21 heavy (non-hydrogen) atoms. The molecule has 6 heteroatoms. The summed E-state index contributed by atoms with van der Waals surface area (Å²) in [5.74, 6) is -0.767. The smallest absolute Gasteiger partial charge is 0.175 e. The SMILES string of the molecule is CN(Cc1ccc(Br)cc1)c1cccc(F)c1C(N)=NO. The normalized spacial score (nSPS) is 11.5. The van der Waals surface area contributed by atoms with Crippen molar-refractivity contribution in [3.63, 3.8) is 0 Å². The second kappa shape index (κ2) is 6.58. The molecule has 2 rings (SSSR count). The monoisotopic (exact) mass is 351 g/mol. The third-order valence-electron chi connectivity index (χ3n) is 3.10. The molecule has 0 unspecified atom stereocenters. The summed E-state index contributed by atoms with van der Waals surface area (Å²) < 4.78 is 14.9. The summed E-state index contributed by atoms with van der Waals surface area (Å²) in [6.07, 6.45) is 0. The van der Waals surface area contributed by atoms with Gasteiger partial charge < -0.3 is 15.8 Å². The molecule has 0 aliphatic carbocycles. The first kappa shape index (κ1) is 15.3. The van der Waals surface area contributed by atoms with E-state index in [9.17, 15) is 4.39 Å². The number of benzene rings is 2. The standard InChI is InChI=1S/C15H15BrFN3O/c1-20(9-10-5-7-11(16)8-6-10)13-4-2-3-12(17)14(13)15(18)19-21/h2-8,21H,9H2,1H3,(H2,18,19). The van der Waals surface area contributed by atoms with Gasteiger partial charge >= 0.3 is 0 Å². The van der Waals surface area contributed by atoms with E-state index in [1.165, 1.54) is 6.07 Å². The fraction of sp³-hybridized carbons (Fsp3) is 0.133. The minimum Gasteiger partial charge on any atom is -0.409 e. The van der Waals surface area contributed by atoms with Gasteiger partial charge in [0, 0.05) is 18.1 Å². The Morgan fingerprint density at radius 3 is 2.57 bits per heavy atom. The van der Waals surface area contributed by atoms with Crippen LogP contribution in [0.25, 0.3) is 0 Å². The predicted octanol–water partition coefficient (Wildman–Crippen LogP) is 3.32. The lowest BCUT2D eigenvalue weighted by Crippen LogP contribution is -2.23. The largest absolute Gasteiger partial charge is 0.409 e. The Bertz CT molecular complexity index is 658. The van der Waals surface area contributed by atoms with E-state index < -0.39 is 5.82 Å². The first-order chi connectivity index (χ1) is 10.0. The Hall–Kier alpha value is -2.08. The van der Waals surface area contributed by atoms with E-state index in [1.54, 1.807) is 12.1 Å². The number of anilines is 1. The van der Waals surface area contributed by atoms with Crippen molar-refractivity contribution in [3.05, 3.63) is 63.9 Å². The number of hydrogen-bond donors (Lipinski definition) is 2. The number of hydrogen-bond acceptors (Lipinski definition) is 3. The van der Waals surface area contributed by atoms with Gasteiger partial charge in [0.25, 0.3) is 0 Å². The molecule has 0 aliphatic rings.